The average Bonchev–Trinajstić information content (AvgIpc) is 1.87. The minimum absolute atomic E-state index is 0.343. The first kappa shape index (κ1) is 5.35. The Kier molecular flexibility index (Phi) is 1.52. The zero-order valence-electron chi connectivity index (χ0n) is 3.11. The minimum atomic E-state index is 0.343. The molecule has 0 aliphatic heterocycles. The Morgan fingerprint density at radius 2 is 2.29 bits per heavy atom. The Morgan fingerprint density at radius 1 is 1.57 bits per heavy atom. The van der Waals surface area contributed by atoms with E-state index in [2.05, 4.69) is 10.4 Å². The van der Waals surface area contributed by atoms with Crippen molar-refractivity contribution in [2.75, 3.05) is 0 Å². The molecule has 0 saturated carbocycles. The van der Waals surface area contributed by atoms with Gasteiger partial charge < -0.3 is 0 Å². The molecule has 37 valence electrons. The Hall–Kier alpha value is 0.210. The fourth-order valence-corrected chi connectivity index (χ4v) is 1.05. The van der Waals surface area contributed by atoms with Crippen LogP contribution in [0, 0.1) is 6.07 Å². The van der Waals surface area contributed by atoms with Gasteiger partial charge in [0.25, 0.3) is 0 Å². The van der Waals surface area contributed by atoms with Gasteiger partial charge in [0.2, 0.25) is 0 Å². The van der Waals surface area contributed by atoms with Crippen molar-refractivity contribution in [3.8, 4) is 0 Å². The highest BCUT2D eigenvalue weighted by Crippen LogP contribution is 2.17. The second-order valence-corrected chi connectivity index (χ2v) is 2.61. The van der Waals surface area contributed by atoms with Gasteiger partial charge in [-0.1, -0.05) is 23.2 Å². The summed E-state index contributed by atoms with van der Waals surface area (Å²) in [5, 5.41) is 0.343. The average molecular weight is 153 g/mol. The van der Waals surface area contributed by atoms with Crippen LogP contribution in [0.2, 0.25) is 9.49 Å². The maximum Gasteiger partial charge on any atom is 0.152 e. The van der Waals surface area contributed by atoms with Crippen LogP contribution < -0.4 is 0 Å². The van der Waals surface area contributed by atoms with Gasteiger partial charge in [-0.25, -0.2) is 0 Å². The smallest absolute Gasteiger partial charge is 0.152 e. The lowest BCUT2D eigenvalue weighted by molar-refractivity contribution is 1.57. The number of hydrogen-bond donors (Lipinski definition) is 0. The third kappa shape index (κ3) is 1.30. The predicted octanol–water partition coefficient (Wildman–Crippen LogP) is 2.25. The third-order valence-electron chi connectivity index (χ3n) is 0.407. The van der Waals surface area contributed by atoms with E-state index in [0.29, 0.717) is 9.49 Å². The van der Waals surface area contributed by atoms with Crippen LogP contribution in [-0.4, -0.2) is 4.37 Å². The third-order valence-corrected chi connectivity index (χ3v) is 1.52. The molecule has 0 unspecified atom stereocenters. The van der Waals surface area contributed by atoms with Crippen molar-refractivity contribution in [2.45, 2.75) is 0 Å². The number of aromatic nitrogens is 1. The van der Waals surface area contributed by atoms with Crippen molar-refractivity contribution in [2.24, 2.45) is 0 Å². The van der Waals surface area contributed by atoms with Crippen LogP contribution in [0.15, 0.2) is 0 Å². The van der Waals surface area contributed by atoms with Crippen LogP contribution in [0.4, 0.5) is 0 Å². The van der Waals surface area contributed by atoms with E-state index >= 15 is 0 Å². The first-order chi connectivity index (χ1) is 3.29. The normalized spacial score (nSPS) is 9.43. The van der Waals surface area contributed by atoms with Gasteiger partial charge in [-0.05, 0) is 11.5 Å². The molecule has 1 aromatic rings. The molecule has 0 amide bonds. The van der Waals surface area contributed by atoms with Crippen molar-refractivity contribution < 1.29 is 0 Å². The van der Waals surface area contributed by atoms with Gasteiger partial charge in [0.05, 0.1) is 6.07 Å². The number of hydrogen-bond acceptors (Lipinski definition) is 2. The van der Waals surface area contributed by atoms with E-state index in [1.54, 1.807) is 0 Å². The van der Waals surface area contributed by atoms with E-state index in [-0.39, 0.29) is 0 Å². The Balaban J connectivity index is 3.04. The first-order valence-corrected chi connectivity index (χ1v) is 3.02. The van der Waals surface area contributed by atoms with Gasteiger partial charge in [-0.15, -0.1) is 0 Å². The second kappa shape index (κ2) is 1.99. The first-order valence-electron chi connectivity index (χ1n) is 1.49. The van der Waals surface area contributed by atoms with Gasteiger partial charge in [0.1, 0.15) is 4.34 Å². The molecule has 7 heavy (non-hydrogen) atoms. The zero-order chi connectivity index (χ0) is 5.28. The Bertz CT molecular complexity index is 145. The van der Waals surface area contributed by atoms with E-state index in [9.17, 15) is 0 Å². The van der Waals surface area contributed by atoms with Crippen LogP contribution in [0.25, 0.3) is 0 Å². The molecule has 0 aromatic carbocycles. The summed E-state index contributed by atoms with van der Waals surface area (Å²) < 4.78 is 4.14. The van der Waals surface area contributed by atoms with Crippen molar-refractivity contribution in [1.82, 2.24) is 4.37 Å². The lowest BCUT2D eigenvalue weighted by Crippen LogP contribution is -1.48. The summed E-state index contributed by atoms with van der Waals surface area (Å²) in [5.74, 6) is 0. The molecular formula is C3Cl2NS. The van der Waals surface area contributed by atoms with Gasteiger partial charge in [-0.2, -0.15) is 4.37 Å². The highest BCUT2D eigenvalue weighted by molar-refractivity contribution is 7.10. The summed E-state index contributed by atoms with van der Waals surface area (Å²) >= 11 is 11.8. The van der Waals surface area contributed by atoms with E-state index < -0.39 is 0 Å². The van der Waals surface area contributed by atoms with Crippen molar-refractivity contribution in [3.63, 3.8) is 0 Å². The Morgan fingerprint density at radius 3 is 2.43 bits per heavy atom. The van der Waals surface area contributed by atoms with E-state index in [1.165, 1.54) is 0 Å². The molecule has 4 heteroatoms. The molecule has 1 rings (SSSR count). The highest BCUT2D eigenvalue weighted by atomic mass is 35.5. The largest absolute Gasteiger partial charge is 0.179 e. The van der Waals surface area contributed by atoms with Crippen LogP contribution in [0.5, 0.6) is 0 Å². The number of nitrogens with zero attached hydrogens (tertiary/aromatic N) is 1. The fourth-order valence-electron chi connectivity index (χ4n) is 0.207. The molecule has 0 N–H and O–H groups in total. The number of rotatable bonds is 0. The van der Waals surface area contributed by atoms with E-state index in [1.807, 2.05) is 0 Å². The van der Waals surface area contributed by atoms with Gasteiger partial charge in [0, 0.05) is 0 Å². The molecule has 0 aliphatic carbocycles. The SMILES string of the molecule is Clc1[c]c(Cl)sn1. The molecule has 1 heterocycles. The Labute approximate surface area is 55.0 Å². The monoisotopic (exact) mass is 152 g/mol. The van der Waals surface area contributed by atoms with E-state index in [0.717, 1.165) is 11.5 Å². The molecule has 0 aliphatic rings. The molecule has 0 bridgehead atoms. The topological polar surface area (TPSA) is 12.9 Å². The fraction of sp³-hybridized carbons (Fsp3) is 0. The van der Waals surface area contributed by atoms with Crippen molar-refractivity contribution in [3.05, 3.63) is 15.6 Å². The van der Waals surface area contributed by atoms with Gasteiger partial charge in [0.15, 0.2) is 5.15 Å². The summed E-state index contributed by atoms with van der Waals surface area (Å²) in [6.07, 6.45) is 0. The van der Waals surface area contributed by atoms with Crippen LogP contribution in [0.3, 0.4) is 0 Å². The lowest BCUT2D eigenvalue weighted by Gasteiger charge is -1.60. The molecule has 0 atom stereocenters. The van der Waals surface area contributed by atoms with E-state index in [4.69, 9.17) is 23.2 Å². The molecule has 1 nitrogen and oxygen atoms in total. The molecule has 1 radical (unpaired) electrons. The van der Waals surface area contributed by atoms with Crippen molar-refractivity contribution >= 4 is 34.7 Å². The molecule has 0 spiro atoms. The quantitative estimate of drug-likeness (QED) is 0.556. The summed E-state index contributed by atoms with van der Waals surface area (Å²) in [7, 11) is 0. The summed E-state index contributed by atoms with van der Waals surface area (Å²) in [5.41, 5.74) is 0. The van der Waals surface area contributed by atoms with Crippen LogP contribution in [-0.2, 0) is 0 Å². The zero-order valence-corrected chi connectivity index (χ0v) is 5.44. The number of halogens is 2. The predicted molar refractivity (Wildman–Crippen MR) is 31.0 cm³/mol. The summed E-state index contributed by atoms with van der Waals surface area (Å²) in [6, 6.07) is 2.58. The molecule has 0 fully saturated rings. The lowest BCUT2D eigenvalue weighted by atomic mass is 10.8. The molecule has 1 aromatic heterocycles. The standard InChI is InChI=1S/C3Cl2NS/c4-2-1-3(5)7-6-2. The van der Waals surface area contributed by atoms with Gasteiger partial charge in [-0.3, -0.25) is 0 Å². The van der Waals surface area contributed by atoms with Crippen LogP contribution >= 0.6 is 34.7 Å². The maximum absolute atomic E-state index is 5.38. The highest BCUT2D eigenvalue weighted by Gasteiger charge is 1.92. The summed E-state index contributed by atoms with van der Waals surface area (Å²) in [6.45, 7) is 0. The maximum atomic E-state index is 5.38. The second-order valence-electron chi connectivity index (χ2n) is 0.872. The minimum Gasteiger partial charge on any atom is -0.179 e. The van der Waals surface area contributed by atoms with Gasteiger partial charge >= 0.3 is 0 Å². The summed E-state index contributed by atoms with van der Waals surface area (Å²) in [4.78, 5) is 0. The molecule has 0 saturated heterocycles. The van der Waals surface area contributed by atoms with Crippen molar-refractivity contribution in [1.29, 1.82) is 0 Å². The van der Waals surface area contributed by atoms with Crippen LogP contribution in [0.1, 0.15) is 0 Å². The molecular weight excluding hydrogens is 153 g/mol.